The van der Waals surface area contributed by atoms with Gasteiger partial charge in [-0.3, -0.25) is 0 Å². The molecule has 0 unspecified atom stereocenters. The number of hydrogen-bond donors (Lipinski definition) is 0. The summed E-state index contributed by atoms with van der Waals surface area (Å²) >= 11 is 0. The molecule has 0 spiro atoms. The molecule has 1 rings (SSSR count). The smallest absolute Gasteiger partial charge is 0.157 e. The van der Waals surface area contributed by atoms with Crippen LogP contribution in [0.3, 0.4) is 0 Å². The molecular weight excluding hydrogens is 188 g/mol. The lowest BCUT2D eigenvalue weighted by molar-refractivity contribution is -0.229. The zero-order valence-corrected chi connectivity index (χ0v) is 10.6. The molecule has 1 heterocycles. The van der Waals surface area contributed by atoms with Crippen LogP contribution in [0.15, 0.2) is 0 Å². The van der Waals surface area contributed by atoms with Crippen LogP contribution in [0.5, 0.6) is 0 Å². The van der Waals surface area contributed by atoms with Crippen molar-refractivity contribution in [3.63, 3.8) is 0 Å². The molecule has 0 bridgehead atoms. The van der Waals surface area contributed by atoms with Gasteiger partial charge >= 0.3 is 0 Å². The SMILES string of the molecule is CCCCCC1OCC(C)(CCC)CO1. The molecule has 0 saturated carbocycles. The summed E-state index contributed by atoms with van der Waals surface area (Å²) in [6, 6.07) is 0. The molecule has 1 saturated heterocycles. The van der Waals surface area contributed by atoms with Gasteiger partial charge in [0.25, 0.3) is 0 Å². The van der Waals surface area contributed by atoms with Gasteiger partial charge in [0.15, 0.2) is 6.29 Å². The van der Waals surface area contributed by atoms with E-state index in [-0.39, 0.29) is 11.7 Å². The Morgan fingerprint density at radius 2 is 1.73 bits per heavy atom. The molecule has 0 aromatic rings. The Balaban J connectivity index is 2.17. The predicted octanol–water partition coefficient (Wildman–Crippen LogP) is 3.75. The fourth-order valence-corrected chi connectivity index (χ4v) is 2.15. The molecule has 0 aliphatic carbocycles. The normalized spacial score (nSPS) is 31.8. The van der Waals surface area contributed by atoms with Gasteiger partial charge in [0.1, 0.15) is 0 Å². The second-order valence-electron chi connectivity index (χ2n) is 5.11. The Morgan fingerprint density at radius 3 is 2.27 bits per heavy atom. The molecule has 1 fully saturated rings. The molecule has 90 valence electrons. The minimum Gasteiger partial charge on any atom is -0.352 e. The molecular formula is C13H26O2. The molecule has 1 aliphatic rings. The van der Waals surface area contributed by atoms with E-state index in [9.17, 15) is 0 Å². The molecule has 0 aromatic heterocycles. The van der Waals surface area contributed by atoms with E-state index in [0.29, 0.717) is 0 Å². The van der Waals surface area contributed by atoms with Gasteiger partial charge in [0.05, 0.1) is 13.2 Å². The van der Waals surface area contributed by atoms with Gasteiger partial charge in [-0.1, -0.05) is 40.0 Å². The van der Waals surface area contributed by atoms with Crippen LogP contribution in [0.4, 0.5) is 0 Å². The number of ether oxygens (including phenoxy) is 2. The molecule has 0 N–H and O–H groups in total. The van der Waals surface area contributed by atoms with Crippen molar-refractivity contribution in [1.29, 1.82) is 0 Å². The first-order valence-electron chi connectivity index (χ1n) is 6.43. The van der Waals surface area contributed by atoms with Gasteiger partial charge in [0.2, 0.25) is 0 Å². The van der Waals surface area contributed by atoms with Crippen LogP contribution in [0.25, 0.3) is 0 Å². The van der Waals surface area contributed by atoms with E-state index in [0.717, 1.165) is 19.6 Å². The third-order valence-corrected chi connectivity index (χ3v) is 3.13. The van der Waals surface area contributed by atoms with Crippen molar-refractivity contribution >= 4 is 0 Å². The number of rotatable bonds is 6. The summed E-state index contributed by atoms with van der Waals surface area (Å²) in [5.41, 5.74) is 0.260. The number of unbranched alkanes of at least 4 members (excludes halogenated alkanes) is 2. The second-order valence-corrected chi connectivity index (χ2v) is 5.11. The summed E-state index contributed by atoms with van der Waals surface area (Å²) in [4.78, 5) is 0. The van der Waals surface area contributed by atoms with Crippen LogP contribution >= 0.6 is 0 Å². The molecule has 1 aliphatic heterocycles. The average molecular weight is 214 g/mol. The predicted molar refractivity (Wildman–Crippen MR) is 62.8 cm³/mol. The second kappa shape index (κ2) is 6.49. The summed E-state index contributed by atoms with van der Waals surface area (Å²) in [5.74, 6) is 0. The fourth-order valence-electron chi connectivity index (χ4n) is 2.15. The summed E-state index contributed by atoms with van der Waals surface area (Å²) in [7, 11) is 0. The van der Waals surface area contributed by atoms with Gasteiger partial charge in [-0.2, -0.15) is 0 Å². The quantitative estimate of drug-likeness (QED) is 0.627. The van der Waals surface area contributed by atoms with Crippen LogP contribution in [0.2, 0.25) is 0 Å². The zero-order chi connectivity index (χ0) is 11.1. The van der Waals surface area contributed by atoms with Gasteiger partial charge in [-0.15, -0.1) is 0 Å². The summed E-state index contributed by atoms with van der Waals surface area (Å²) in [6.45, 7) is 8.45. The fraction of sp³-hybridized carbons (Fsp3) is 1.00. The highest BCUT2D eigenvalue weighted by Crippen LogP contribution is 2.30. The lowest BCUT2D eigenvalue weighted by Crippen LogP contribution is -2.39. The van der Waals surface area contributed by atoms with Crippen molar-refractivity contribution in [2.24, 2.45) is 5.41 Å². The highest BCUT2D eigenvalue weighted by molar-refractivity contribution is 4.76. The summed E-state index contributed by atoms with van der Waals surface area (Å²) in [6.07, 6.45) is 7.33. The van der Waals surface area contributed by atoms with E-state index >= 15 is 0 Å². The maximum absolute atomic E-state index is 5.77. The molecule has 0 aromatic carbocycles. The lowest BCUT2D eigenvalue weighted by Gasteiger charge is -2.37. The van der Waals surface area contributed by atoms with E-state index in [1.165, 1.54) is 32.1 Å². The van der Waals surface area contributed by atoms with Gasteiger partial charge in [-0.25, -0.2) is 0 Å². The van der Waals surface area contributed by atoms with Crippen LogP contribution in [0.1, 0.15) is 59.3 Å². The first kappa shape index (κ1) is 13.0. The van der Waals surface area contributed by atoms with Crippen LogP contribution in [0, 0.1) is 5.41 Å². The van der Waals surface area contributed by atoms with Crippen molar-refractivity contribution in [3.8, 4) is 0 Å². The molecule has 0 atom stereocenters. The topological polar surface area (TPSA) is 18.5 Å². The van der Waals surface area contributed by atoms with Gasteiger partial charge in [-0.05, 0) is 19.3 Å². The Bertz CT molecular complexity index is 160. The largest absolute Gasteiger partial charge is 0.352 e. The summed E-state index contributed by atoms with van der Waals surface area (Å²) in [5, 5.41) is 0. The lowest BCUT2D eigenvalue weighted by atomic mass is 9.87. The Labute approximate surface area is 94.3 Å². The third kappa shape index (κ3) is 4.52. The Kier molecular flexibility index (Phi) is 5.62. The average Bonchev–Trinajstić information content (AvgIpc) is 2.22. The van der Waals surface area contributed by atoms with Crippen LogP contribution in [-0.2, 0) is 9.47 Å². The van der Waals surface area contributed by atoms with Crippen LogP contribution < -0.4 is 0 Å². The minimum atomic E-state index is 0.0708. The standard InChI is InChI=1S/C13H26O2/c1-4-6-7-8-12-14-10-13(3,9-5-2)11-15-12/h12H,4-11H2,1-3H3. The van der Waals surface area contributed by atoms with Gasteiger partial charge in [0, 0.05) is 5.41 Å². The Morgan fingerprint density at radius 1 is 1.07 bits per heavy atom. The molecule has 0 amide bonds. The van der Waals surface area contributed by atoms with E-state index in [2.05, 4.69) is 20.8 Å². The number of hydrogen-bond acceptors (Lipinski definition) is 2. The van der Waals surface area contributed by atoms with E-state index < -0.39 is 0 Å². The first-order valence-corrected chi connectivity index (χ1v) is 6.43. The third-order valence-electron chi connectivity index (χ3n) is 3.13. The van der Waals surface area contributed by atoms with Crippen LogP contribution in [-0.4, -0.2) is 19.5 Å². The van der Waals surface area contributed by atoms with Gasteiger partial charge < -0.3 is 9.47 Å². The summed E-state index contributed by atoms with van der Waals surface area (Å²) < 4.78 is 11.5. The van der Waals surface area contributed by atoms with Crippen molar-refractivity contribution in [1.82, 2.24) is 0 Å². The van der Waals surface area contributed by atoms with E-state index in [1.54, 1.807) is 0 Å². The minimum absolute atomic E-state index is 0.0708. The molecule has 2 heteroatoms. The van der Waals surface area contributed by atoms with Crippen molar-refractivity contribution in [2.75, 3.05) is 13.2 Å². The maximum atomic E-state index is 5.77. The van der Waals surface area contributed by atoms with Crippen molar-refractivity contribution < 1.29 is 9.47 Å². The van der Waals surface area contributed by atoms with Crippen molar-refractivity contribution in [2.45, 2.75) is 65.6 Å². The van der Waals surface area contributed by atoms with Crippen molar-refractivity contribution in [3.05, 3.63) is 0 Å². The monoisotopic (exact) mass is 214 g/mol. The van der Waals surface area contributed by atoms with E-state index in [1.807, 2.05) is 0 Å². The highest BCUT2D eigenvalue weighted by Gasteiger charge is 2.31. The first-order chi connectivity index (χ1) is 7.20. The molecule has 0 radical (unpaired) electrons. The molecule has 15 heavy (non-hydrogen) atoms. The zero-order valence-electron chi connectivity index (χ0n) is 10.6. The highest BCUT2D eigenvalue weighted by atomic mass is 16.7. The molecule has 2 nitrogen and oxygen atoms in total. The Hall–Kier alpha value is -0.0800. The van der Waals surface area contributed by atoms with E-state index in [4.69, 9.17) is 9.47 Å². The maximum Gasteiger partial charge on any atom is 0.157 e.